The van der Waals surface area contributed by atoms with Gasteiger partial charge in [-0.15, -0.1) is 0 Å². The van der Waals surface area contributed by atoms with Crippen LogP contribution in [0.15, 0.2) is 28.9 Å². The summed E-state index contributed by atoms with van der Waals surface area (Å²) in [4.78, 5) is 1.89. The summed E-state index contributed by atoms with van der Waals surface area (Å²) in [6, 6.07) is 2.68. The Hall–Kier alpha value is -1.63. The highest BCUT2D eigenvalue weighted by Crippen LogP contribution is 2.26. The fourth-order valence-electron chi connectivity index (χ4n) is 1.74. The van der Waals surface area contributed by atoms with Gasteiger partial charge >= 0.3 is 10.0 Å². The van der Waals surface area contributed by atoms with E-state index in [0.29, 0.717) is 12.8 Å². The zero-order valence-electron chi connectivity index (χ0n) is 11.0. The van der Waals surface area contributed by atoms with Crippen LogP contribution in [-0.2, 0) is 10.0 Å². The second-order valence-electron chi connectivity index (χ2n) is 4.80. The SMILES string of the molecule is CN(C)c1cc[n+](/C([O-])=N/S(=O)(=O)C2CCC2)cc1. The molecule has 1 aliphatic rings. The molecule has 1 aromatic heterocycles. The van der Waals surface area contributed by atoms with E-state index in [2.05, 4.69) is 4.40 Å². The van der Waals surface area contributed by atoms with Crippen LogP contribution in [0.1, 0.15) is 19.3 Å². The molecule has 0 bridgehead atoms. The Bertz CT molecular complexity index is 575. The van der Waals surface area contributed by atoms with Crippen molar-refractivity contribution in [3.05, 3.63) is 24.5 Å². The average molecular weight is 283 g/mol. The Morgan fingerprint density at radius 1 is 1.37 bits per heavy atom. The monoisotopic (exact) mass is 283 g/mol. The molecule has 19 heavy (non-hydrogen) atoms. The minimum absolute atomic E-state index is 0.474. The van der Waals surface area contributed by atoms with Crippen molar-refractivity contribution < 1.29 is 18.1 Å². The first-order valence-electron chi connectivity index (χ1n) is 6.10. The summed E-state index contributed by atoms with van der Waals surface area (Å²) in [5.74, 6) is 0. The van der Waals surface area contributed by atoms with Gasteiger partial charge in [0.2, 0.25) is 0 Å². The first-order valence-corrected chi connectivity index (χ1v) is 7.60. The maximum atomic E-state index is 11.8. The van der Waals surface area contributed by atoms with E-state index in [1.165, 1.54) is 17.0 Å². The van der Waals surface area contributed by atoms with Gasteiger partial charge in [0, 0.05) is 36.3 Å². The first kappa shape index (κ1) is 13.8. The lowest BCUT2D eigenvalue weighted by Gasteiger charge is -2.20. The highest BCUT2D eigenvalue weighted by Gasteiger charge is 2.35. The van der Waals surface area contributed by atoms with Crippen LogP contribution < -0.4 is 14.6 Å². The number of hydrogen-bond donors (Lipinski definition) is 0. The maximum absolute atomic E-state index is 11.8. The van der Waals surface area contributed by atoms with Gasteiger partial charge in [0.25, 0.3) is 6.02 Å². The van der Waals surface area contributed by atoms with Crippen molar-refractivity contribution in [2.45, 2.75) is 24.5 Å². The number of nitrogens with zero attached hydrogens (tertiary/aromatic N) is 3. The standard InChI is InChI=1S/C12H17N3O3S/c1-14(2)10-6-8-15(9-7-10)12(16)13-19(17,18)11-4-3-5-11/h6-9,11H,3-5H2,1-2H3. The summed E-state index contributed by atoms with van der Waals surface area (Å²) >= 11 is 0. The van der Waals surface area contributed by atoms with E-state index < -0.39 is 21.3 Å². The van der Waals surface area contributed by atoms with Gasteiger partial charge in [-0.3, -0.25) is 0 Å². The predicted octanol–water partition coefficient (Wildman–Crippen LogP) is -0.513. The van der Waals surface area contributed by atoms with Crippen molar-refractivity contribution in [3.8, 4) is 0 Å². The molecule has 1 saturated carbocycles. The molecular weight excluding hydrogens is 266 g/mol. The lowest BCUT2D eigenvalue weighted by atomic mass is 10.0. The molecule has 0 atom stereocenters. The van der Waals surface area contributed by atoms with E-state index in [1.54, 1.807) is 12.1 Å². The van der Waals surface area contributed by atoms with E-state index >= 15 is 0 Å². The molecule has 0 aliphatic heterocycles. The number of hydrogen-bond acceptors (Lipinski definition) is 4. The number of anilines is 1. The Labute approximate surface area is 113 Å². The van der Waals surface area contributed by atoms with E-state index in [1.807, 2.05) is 19.0 Å². The Morgan fingerprint density at radius 2 is 1.95 bits per heavy atom. The highest BCUT2D eigenvalue weighted by atomic mass is 32.2. The third-order valence-electron chi connectivity index (χ3n) is 3.23. The second kappa shape index (κ2) is 5.16. The fourth-order valence-corrected chi connectivity index (χ4v) is 3.13. The molecule has 0 radical (unpaired) electrons. The highest BCUT2D eigenvalue weighted by molar-refractivity contribution is 7.90. The zero-order chi connectivity index (χ0) is 14.0. The molecule has 1 heterocycles. The van der Waals surface area contributed by atoms with Crippen molar-refractivity contribution in [1.82, 2.24) is 0 Å². The third kappa shape index (κ3) is 3.04. The number of rotatable bonds is 3. The topological polar surface area (TPSA) is 76.7 Å². The summed E-state index contributed by atoms with van der Waals surface area (Å²) in [5.41, 5.74) is 0.922. The van der Waals surface area contributed by atoms with Crippen LogP contribution >= 0.6 is 0 Å². The van der Waals surface area contributed by atoms with E-state index in [4.69, 9.17) is 0 Å². The largest absolute Gasteiger partial charge is 0.806 e. The van der Waals surface area contributed by atoms with E-state index in [-0.39, 0.29) is 0 Å². The minimum Gasteiger partial charge on any atom is -0.806 e. The summed E-state index contributed by atoms with van der Waals surface area (Å²) in [6.45, 7) is 0. The zero-order valence-corrected chi connectivity index (χ0v) is 11.8. The van der Waals surface area contributed by atoms with E-state index in [9.17, 15) is 13.5 Å². The Kier molecular flexibility index (Phi) is 3.75. The van der Waals surface area contributed by atoms with Gasteiger partial charge in [-0.2, -0.15) is 8.42 Å². The van der Waals surface area contributed by atoms with Crippen molar-refractivity contribution in [2.24, 2.45) is 4.40 Å². The van der Waals surface area contributed by atoms with Crippen LogP contribution in [0, 0.1) is 0 Å². The molecule has 1 fully saturated rings. The fraction of sp³-hybridized carbons (Fsp3) is 0.500. The molecular formula is C12H17N3O3S. The lowest BCUT2D eigenvalue weighted by Crippen LogP contribution is -2.51. The predicted molar refractivity (Wildman–Crippen MR) is 70.4 cm³/mol. The van der Waals surface area contributed by atoms with Gasteiger partial charge < -0.3 is 10.0 Å². The summed E-state index contributed by atoms with van der Waals surface area (Å²) in [5, 5.41) is 11.3. The molecule has 0 saturated heterocycles. The first-order chi connectivity index (χ1) is 8.90. The van der Waals surface area contributed by atoms with Gasteiger partial charge in [-0.25, -0.2) is 4.57 Å². The molecule has 0 spiro atoms. The molecule has 1 aliphatic carbocycles. The normalized spacial score (nSPS) is 17.1. The van der Waals surface area contributed by atoms with Crippen LogP contribution in [0.5, 0.6) is 0 Å². The molecule has 0 amide bonds. The van der Waals surface area contributed by atoms with Crippen LogP contribution in [-0.4, -0.2) is 33.8 Å². The molecule has 0 N–H and O–H groups in total. The summed E-state index contributed by atoms with van der Waals surface area (Å²) < 4.78 is 28.1. The number of aromatic nitrogens is 1. The summed E-state index contributed by atoms with van der Waals surface area (Å²) in [7, 11) is 0.111. The third-order valence-corrected chi connectivity index (χ3v) is 4.95. The smallest absolute Gasteiger partial charge is 0.341 e. The van der Waals surface area contributed by atoms with Gasteiger partial charge in [-0.1, -0.05) is 6.42 Å². The molecule has 6 nitrogen and oxygen atoms in total. The number of pyridine rings is 1. The van der Waals surface area contributed by atoms with E-state index in [0.717, 1.165) is 12.1 Å². The Morgan fingerprint density at radius 3 is 2.37 bits per heavy atom. The molecule has 1 aromatic rings. The van der Waals surface area contributed by atoms with Gasteiger partial charge in [0.05, 0.1) is 12.4 Å². The maximum Gasteiger partial charge on any atom is 0.341 e. The van der Waals surface area contributed by atoms with Crippen molar-refractivity contribution in [2.75, 3.05) is 19.0 Å². The molecule has 0 unspecified atom stereocenters. The van der Waals surface area contributed by atoms with Gasteiger partial charge in [0.1, 0.15) is 5.25 Å². The quantitative estimate of drug-likeness (QED) is 0.425. The molecule has 104 valence electrons. The lowest BCUT2D eigenvalue weighted by molar-refractivity contribution is -0.613. The van der Waals surface area contributed by atoms with Gasteiger partial charge in [-0.05, 0) is 12.8 Å². The molecule has 7 heteroatoms. The van der Waals surface area contributed by atoms with Crippen molar-refractivity contribution in [3.63, 3.8) is 0 Å². The van der Waals surface area contributed by atoms with Gasteiger partial charge in [0.15, 0.2) is 0 Å². The minimum atomic E-state index is -3.65. The van der Waals surface area contributed by atoms with Crippen molar-refractivity contribution in [1.29, 1.82) is 0 Å². The summed E-state index contributed by atoms with van der Waals surface area (Å²) in [6.07, 6.45) is 5.11. The number of sulfonamides is 1. The van der Waals surface area contributed by atoms with Crippen LogP contribution in [0.2, 0.25) is 0 Å². The van der Waals surface area contributed by atoms with Crippen LogP contribution in [0.25, 0.3) is 0 Å². The molecule has 0 aromatic carbocycles. The average Bonchev–Trinajstić information content (AvgIpc) is 2.25. The van der Waals surface area contributed by atoms with Crippen LogP contribution in [0.3, 0.4) is 0 Å². The van der Waals surface area contributed by atoms with Crippen molar-refractivity contribution >= 4 is 21.7 Å². The van der Waals surface area contributed by atoms with Crippen LogP contribution in [0.4, 0.5) is 5.69 Å². The second-order valence-corrected chi connectivity index (χ2v) is 6.68. The Balaban J connectivity index is 2.21. The molecule has 2 rings (SSSR count).